The number of hydrogen-bond donors (Lipinski definition) is 0. The van der Waals surface area contributed by atoms with Crippen molar-refractivity contribution in [3.8, 4) is 0 Å². The maximum absolute atomic E-state index is 12.9. The van der Waals surface area contributed by atoms with E-state index in [9.17, 15) is 13.2 Å². The molecule has 0 aliphatic carbocycles. The number of carbonyl (C=O) groups is 1. The predicted octanol–water partition coefficient (Wildman–Crippen LogP) is 4.42. The number of benzene rings is 2. The summed E-state index contributed by atoms with van der Waals surface area (Å²) in [5, 5.41) is 0. The van der Waals surface area contributed by atoms with Gasteiger partial charge in [-0.3, -0.25) is 4.79 Å². The first-order valence-corrected chi connectivity index (χ1v) is 9.15. The Kier molecular flexibility index (Phi) is 5.88. The fourth-order valence-corrected chi connectivity index (χ4v) is 3.69. The van der Waals surface area contributed by atoms with Gasteiger partial charge in [0, 0.05) is 5.56 Å². The summed E-state index contributed by atoms with van der Waals surface area (Å²) in [6.45, 7) is 2.03. The van der Waals surface area contributed by atoms with Crippen LogP contribution < -0.4 is 0 Å². The van der Waals surface area contributed by atoms with Crippen molar-refractivity contribution in [1.29, 1.82) is 0 Å². The Hall–Kier alpha value is -2.20. The molecule has 0 bridgehead atoms. The van der Waals surface area contributed by atoms with Gasteiger partial charge in [0.25, 0.3) is 0 Å². The fourth-order valence-electron chi connectivity index (χ4n) is 2.22. The maximum atomic E-state index is 12.9. The van der Waals surface area contributed by atoms with Crippen molar-refractivity contribution in [3.63, 3.8) is 0 Å². The molecule has 2 aromatic carbocycles. The number of ketones is 1. The van der Waals surface area contributed by atoms with Crippen LogP contribution in [0.1, 0.15) is 36.5 Å². The van der Waals surface area contributed by atoms with Gasteiger partial charge in [-0.15, -0.1) is 0 Å². The zero-order valence-corrected chi connectivity index (χ0v) is 13.9. The van der Waals surface area contributed by atoms with E-state index in [1.165, 1.54) is 12.1 Å². The molecule has 0 saturated heterocycles. The number of carbonyl (C=O) groups excluding carboxylic acids is 1. The van der Waals surface area contributed by atoms with Gasteiger partial charge in [-0.2, -0.15) is 0 Å². The molecule has 0 unspecified atom stereocenters. The second-order valence-electron chi connectivity index (χ2n) is 5.22. The average molecular weight is 328 g/mol. The number of unbranched alkanes of at least 4 members (excludes halogenated alkanes) is 2. The van der Waals surface area contributed by atoms with Crippen LogP contribution in [0.25, 0.3) is 0 Å². The van der Waals surface area contributed by atoms with Crippen LogP contribution in [0.5, 0.6) is 0 Å². The Morgan fingerprint density at radius 1 is 0.957 bits per heavy atom. The van der Waals surface area contributed by atoms with Gasteiger partial charge in [0.15, 0.2) is 0 Å². The van der Waals surface area contributed by atoms with Crippen LogP contribution in [-0.4, -0.2) is 14.2 Å². The molecular formula is C19H20O3S. The lowest BCUT2D eigenvalue weighted by Crippen LogP contribution is -2.14. The lowest BCUT2D eigenvalue weighted by Gasteiger charge is -2.09. The summed E-state index contributed by atoms with van der Waals surface area (Å²) in [5.41, 5.74) is 0.384. The van der Waals surface area contributed by atoms with E-state index >= 15 is 0 Å². The molecule has 0 heterocycles. The van der Waals surface area contributed by atoms with Crippen molar-refractivity contribution in [2.75, 3.05) is 0 Å². The second kappa shape index (κ2) is 7.88. The molecule has 0 amide bonds. The summed E-state index contributed by atoms with van der Waals surface area (Å²) in [4.78, 5) is 12.7. The molecule has 2 rings (SSSR count). The van der Waals surface area contributed by atoms with Gasteiger partial charge in [-0.1, -0.05) is 74.4 Å². The van der Waals surface area contributed by atoms with E-state index < -0.39 is 15.6 Å². The molecule has 0 fully saturated rings. The third-order valence-corrected chi connectivity index (χ3v) is 5.31. The van der Waals surface area contributed by atoms with E-state index in [4.69, 9.17) is 0 Å². The molecule has 0 aliphatic rings. The second-order valence-corrected chi connectivity index (χ2v) is 7.14. The first kappa shape index (κ1) is 17.2. The summed E-state index contributed by atoms with van der Waals surface area (Å²) in [7, 11) is -3.82. The fraction of sp³-hybridized carbons (Fsp3) is 0.211. The average Bonchev–Trinajstić information content (AvgIpc) is 2.59. The molecule has 0 aromatic heterocycles. The normalized spacial score (nSPS) is 12.1. The monoisotopic (exact) mass is 328 g/mol. The van der Waals surface area contributed by atoms with Crippen molar-refractivity contribution >= 4 is 15.6 Å². The molecule has 23 heavy (non-hydrogen) atoms. The Bertz CT molecular complexity index is 776. The quantitative estimate of drug-likeness (QED) is 0.429. The molecule has 3 nitrogen and oxygen atoms in total. The van der Waals surface area contributed by atoms with Crippen LogP contribution >= 0.6 is 0 Å². The summed E-state index contributed by atoms with van der Waals surface area (Å²) in [6, 6.07) is 16.6. The molecule has 0 N–H and O–H groups in total. The number of Topliss-reactive ketones (excluding diaryl/α,β-unsaturated/α-hetero) is 1. The molecule has 4 heteroatoms. The maximum Gasteiger partial charge on any atom is 0.210 e. The van der Waals surface area contributed by atoms with E-state index in [1.54, 1.807) is 54.6 Å². The SMILES string of the molecule is CCCC/C=C(/C(=O)c1ccccc1)S(=O)(=O)c1ccccc1. The third kappa shape index (κ3) is 4.17. The Morgan fingerprint density at radius 2 is 1.52 bits per heavy atom. The van der Waals surface area contributed by atoms with Gasteiger partial charge in [0.2, 0.25) is 15.6 Å². The summed E-state index contributed by atoms with van der Waals surface area (Å²) in [6.07, 6.45) is 3.90. The van der Waals surface area contributed by atoms with Crippen molar-refractivity contribution in [3.05, 3.63) is 77.2 Å². The molecule has 2 aromatic rings. The van der Waals surface area contributed by atoms with Crippen molar-refractivity contribution in [1.82, 2.24) is 0 Å². The first-order valence-electron chi connectivity index (χ1n) is 7.67. The topological polar surface area (TPSA) is 51.2 Å². The zero-order valence-electron chi connectivity index (χ0n) is 13.1. The van der Waals surface area contributed by atoms with E-state index in [2.05, 4.69) is 0 Å². The highest BCUT2D eigenvalue weighted by Crippen LogP contribution is 2.23. The van der Waals surface area contributed by atoms with Gasteiger partial charge in [-0.25, -0.2) is 8.42 Å². The number of rotatable bonds is 7. The minimum absolute atomic E-state index is 0.136. The molecular weight excluding hydrogens is 308 g/mol. The predicted molar refractivity (Wildman–Crippen MR) is 92.0 cm³/mol. The van der Waals surface area contributed by atoms with Crippen molar-refractivity contribution in [2.24, 2.45) is 0 Å². The lowest BCUT2D eigenvalue weighted by atomic mass is 10.1. The Balaban J connectivity index is 2.47. The molecule has 120 valence electrons. The summed E-state index contributed by atoms with van der Waals surface area (Å²) >= 11 is 0. The van der Waals surface area contributed by atoms with E-state index in [0.717, 1.165) is 12.8 Å². The van der Waals surface area contributed by atoms with E-state index in [0.29, 0.717) is 12.0 Å². The van der Waals surface area contributed by atoms with Gasteiger partial charge in [-0.05, 0) is 18.6 Å². The minimum atomic E-state index is -3.82. The molecule has 0 atom stereocenters. The third-order valence-electron chi connectivity index (χ3n) is 3.49. The Morgan fingerprint density at radius 3 is 2.09 bits per heavy atom. The van der Waals surface area contributed by atoms with Crippen LogP contribution in [0.2, 0.25) is 0 Å². The van der Waals surface area contributed by atoms with E-state index in [1.807, 2.05) is 6.92 Å². The van der Waals surface area contributed by atoms with Crippen LogP contribution in [0, 0.1) is 0 Å². The number of sulfone groups is 1. The van der Waals surface area contributed by atoms with Gasteiger partial charge in [0.05, 0.1) is 4.90 Å². The molecule has 0 radical (unpaired) electrons. The van der Waals surface area contributed by atoms with Gasteiger partial charge in [0.1, 0.15) is 4.91 Å². The number of hydrogen-bond acceptors (Lipinski definition) is 3. The van der Waals surface area contributed by atoms with Crippen LogP contribution in [-0.2, 0) is 9.84 Å². The smallest absolute Gasteiger partial charge is 0.210 e. The highest BCUT2D eigenvalue weighted by atomic mass is 32.2. The molecule has 0 aliphatic heterocycles. The van der Waals surface area contributed by atoms with E-state index in [-0.39, 0.29) is 9.80 Å². The first-order chi connectivity index (χ1) is 11.1. The number of allylic oxidation sites excluding steroid dienone is 2. The lowest BCUT2D eigenvalue weighted by molar-refractivity contribution is 0.104. The minimum Gasteiger partial charge on any atom is -0.288 e. The van der Waals surface area contributed by atoms with Crippen LogP contribution in [0.15, 0.2) is 76.5 Å². The van der Waals surface area contributed by atoms with Crippen molar-refractivity contribution < 1.29 is 13.2 Å². The van der Waals surface area contributed by atoms with Crippen LogP contribution in [0.4, 0.5) is 0 Å². The largest absolute Gasteiger partial charge is 0.288 e. The van der Waals surface area contributed by atoms with Crippen LogP contribution in [0.3, 0.4) is 0 Å². The molecule has 0 saturated carbocycles. The van der Waals surface area contributed by atoms with Gasteiger partial charge < -0.3 is 0 Å². The van der Waals surface area contributed by atoms with Crippen molar-refractivity contribution in [2.45, 2.75) is 31.1 Å². The molecule has 0 spiro atoms. The summed E-state index contributed by atoms with van der Waals surface area (Å²) < 4.78 is 25.7. The Labute approximate surface area is 137 Å². The zero-order chi connectivity index (χ0) is 16.7. The highest BCUT2D eigenvalue weighted by molar-refractivity contribution is 7.96. The van der Waals surface area contributed by atoms with Gasteiger partial charge >= 0.3 is 0 Å². The highest BCUT2D eigenvalue weighted by Gasteiger charge is 2.27. The standard InChI is InChI=1S/C19H20O3S/c1-2-3-6-15-18(19(20)16-11-7-4-8-12-16)23(21,22)17-13-9-5-10-14-17/h4-5,7-15H,2-3,6H2,1H3/b18-15-. The summed E-state index contributed by atoms with van der Waals surface area (Å²) in [5.74, 6) is -0.453.